The van der Waals surface area contributed by atoms with E-state index in [1.54, 1.807) is 20.0 Å². The second kappa shape index (κ2) is 8.22. The minimum absolute atomic E-state index is 0.176. The second-order valence-corrected chi connectivity index (χ2v) is 8.73. The molecule has 3 aromatic rings. The normalized spacial score (nSPS) is 13.6. The van der Waals surface area contributed by atoms with Crippen molar-refractivity contribution in [3.8, 4) is 10.6 Å². The standard InChI is InChI=1S/C22H24FN5O2S/c1-12-13(2)26-27(4)22(30)17(12)21-24-14(3)19(31-21)20(29)25-18-15(23)8-7-9-16(18)28-10-5-6-11-28/h7-9H,5-6,10-11H2,1-4H3,(H,25,29). The van der Waals surface area contributed by atoms with E-state index in [0.717, 1.165) is 48.5 Å². The molecule has 0 unspecified atom stereocenters. The van der Waals surface area contributed by atoms with Gasteiger partial charge >= 0.3 is 0 Å². The van der Waals surface area contributed by atoms with Crippen LogP contribution in [0.5, 0.6) is 0 Å². The lowest BCUT2D eigenvalue weighted by Crippen LogP contribution is -2.23. The van der Waals surface area contributed by atoms with E-state index in [1.165, 1.54) is 10.7 Å². The zero-order valence-electron chi connectivity index (χ0n) is 18.0. The van der Waals surface area contributed by atoms with Crippen molar-refractivity contribution in [3.05, 3.63) is 56.2 Å². The number of para-hydroxylation sites is 1. The summed E-state index contributed by atoms with van der Waals surface area (Å²) in [7, 11) is 1.59. The molecule has 1 amide bonds. The molecule has 0 spiro atoms. The van der Waals surface area contributed by atoms with E-state index in [9.17, 15) is 14.0 Å². The summed E-state index contributed by atoms with van der Waals surface area (Å²) >= 11 is 1.13. The van der Waals surface area contributed by atoms with Gasteiger partial charge in [0, 0.05) is 20.1 Å². The molecule has 2 aromatic heterocycles. The first kappa shape index (κ1) is 21.2. The third kappa shape index (κ3) is 3.85. The molecule has 3 heterocycles. The fourth-order valence-corrected chi connectivity index (χ4v) is 4.90. The number of anilines is 2. The van der Waals surface area contributed by atoms with Gasteiger partial charge in [0.25, 0.3) is 11.5 Å². The highest BCUT2D eigenvalue weighted by molar-refractivity contribution is 7.17. The number of thiazole rings is 1. The van der Waals surface area contributed by atoms with E-state index in [0.29, 0.717) is 26.8 Å². The van der Waals surface area contributed by atoms with Gasteiger partial charge in [0.15, 0.2) is 0 Å². The Hall–Kier alpha value is -3.07. The number of carbonyl (C=O) groups excluding carboxylic acids is 1. The molecular weight excluding hydrogens is 417 g/mol. The van der Waals surface area contributed by atoms with E-state index in [1.807, 2.05) is 19.9 Å². The van der Waals surface area contributed by atoms with Crippen molar-refractivity contribution in [2.45, 2.75) is 33.6 Å². The number of rotatable bonds is 4. The topological polar surface area (TPSA) is 80.1 Å². The lowest BCUT2D eigenvalue weighted by Gasteiger charge is -2.21. The maximum Gasteiger partial charge on any atom is 0.277 e. The number of carbonyl (C=O) groups is 1. The predicted molar refractivity (Wildman–Crippen MR) is 121 cm³/mol. The molecule has 9 heteroatoms. The molecule has 1 aliphatic rings. The summed E-state index contributed by atoms with van der Waals surface area (Å²) in [6.07, 6.45) is 2.09. The van der Waals surface area contributed by atoms with Crippen molar-refractivity contribution >= 4 is 28.6 Å². The molecule has 4 rings (SSSR count). The Kier molecular flexibility index (Phi) is 5.62. The minimum atomic E-state index is -0.477. The van der Waals surface area contributed by atoms with E-state index in [2.05, 4.69) is 20.3 Å². The fraction of sp³-hybridized carbons (Fsp3) is 0.364. The minimum Gasteiger partial charge on any atom is -0.370 e. The Morgan fingerprint density at radius 1 is 1.16 bits per heavy atom. The van der Waals surface area contributed by atoms with Crippen molar-refractivity contribution in [2.75, 3.05) is 23.3 Å². The lowest BCUT2D eigenvalue weighted by atomic mass is 10.1. The first-order chi connectivity index (χ1) is 14.8. The summed E-state index contributed by atoms with van der Waals surface area (Å²) in [6.45, 7) is 7.02. The Morgan fingerprint density at radius 2 is 1.87 bits per heavy atom. The first-order valence-corrected chi connectivity index (χ1v) is 11.0. The monoisotopic (exact) mass is 441 g/mol. The van der Waals surface area contributed by atoms with Crippen LogP contribution in [0.15, 0.2) is 23.0 Å². The number of amides is 1. The molecule has 7 nitrogen and oxygen atoms in total. The van der Waals surface area contributed by atoms with Gasteiger partial charge in [-0.15, -0.1) is 11.3 Å². The van der Waals surface area contributed by atoms with E-state index in [4.69, 9.17) is 0 Å². The van der Waals surface area contributed by atoms with Crippen molar-refractivity contribution in [2.24, 2.45) is 7.05 Å². The van der Waals surface area contributed by atoms with Gasteiger partial charge in [-0.1, -0.05) is 6.07 Å². The van der Waals surface area contributed by atoms with Gasteiger partial charge in [0.2, 0.25) is 0 Å². The maximum absolute atomic E-state index is 14.6. The van der Waals surface area contributed by atoms with Crippen LogP contribution in [0.1, 0.15) is 39.5 Å². The van der Waals surface area contributed by atoms with Gasteiger partial charge in [0.1, 0.15) is 21.4 Å². The summed E-state index contributed by atoms with van der Waals surface area (Å²) in [5, 5.41) is 7.40. The number of hydrogen-bond acceptors (Lipinski definition) is 6. The Labute approximate surface area is 183 Å². The van der Waals surface area contributed by atoms with E-state index < -0.39 is 11.7 Å². The zero-order valence-corrected chi connectivity index (χ0v) is 18.8. The highest BCUT2D eigenvalue weighted by Gasteiger charge is 2.24. The number of halogens is 1. The molecule has 1 saturated heterocycles. The average molecular weight is 442 g/mol. The Morgan fingerprint density at radius 3 is 2.58 bits per heavy atom. The van der Waals surface area contributed by atoms with Crippen LogP contribution in [-0.4, -0.2) is 33.8 Å². The lowest BCUT2D eigenvalue weighted by molar-refractivity contribution is 0.102. The number of aromatic nitrogens is 3. The van der Waals surface area contributed by atoms with Crippen LogP contribution in [0, 0.1) is 26.6 Å². The second-order valence-electron chi connectivity index (χ2n) is 7.73. The molecule has 1 aromatic carbocycles. The van der Waals surface area contributed by atoms with Crippen LogP contribution in [0.4, 0.5) is 15.8 Å². The van der Waals surface area contributed by atoms with Gasteiger partial charge in [-0.25, -0.2) is 14.1 Å². The molecule has 31 heavy (non-hydrogen) atoms. The van der Waals surface area contributed by atoms with Crippen LogP contribution in [-0.2, 0) is 7.05 Å². The quantitative estimate of drug-likeness (QED) is 0.666. The van der Waals surface area contributed by atoms with Crippen LogP contribution < -0.4 is 15.8 Å². The summed E-state index contributed by atoms with van der Waals surface area (Å²) in [5.74, 6) is -0.915. The SMILES string of the molecule is Cc1nc(-c2c(C)c(C)nn(C)c2=O)sc1C(=O)Nc1c(F)cccc1N1CCCC1. The Balaban J connectivity index is 1.70. The molecule has 0 atom stereocenters. The smallest absolute Gasteiger partial charge is 0.277 e. The predicted octanol–water partition coefficient (Wildman–Crippen LogP) is 3.82. The fourth-order valence-electron chi connectivity index (χ4n) is 3.84. The van der Waals surface area contributed by atoms with Gasteiger partial charge < -0.3 is 10.2 Å². The van der Waals surface area contributed by atoms with E-state index in [-0.39, 0.29) is 11.2 Å². The van der Waals surface area contributed by atoms with Crippen molar-refractivity contribution in [3.63, 3.8) is 0 Å². The number of aryl methyl sites for hydroxylation is 3. The summed E-state index contributed by atoms with van der Waals surface area (Å²) in [5.41, 5.74) is 2.97. The number of nitrogens with one attached hydrogen (secondary N) is 1. The third-order valence-corrected chi connectivity index (χ3v) is 6.79. The highest BCUT2D eigenvalue weighted by Crippen LogP contribution is 2.33. The summed E-state index contributed by atoms with van der Waals surface area (Å²) in [4.78, 5) is 32.7. The summed E-state index contributed by atoms with van der Waals surface area (Å²) in [6, 6.07) is 4.81. The zero-order chi connectivity index (χ0) is 22.3. The molecule has 0 saturated carbocycles. The van der Waals surface area contributed by atoms with Gasteiger partial charge in [-0.2, -0.15) is 5.10 Å². The van der Waals surface area contributed by atoms with Crippen LogP contribution in [0.2, 0.25) is 0 Å². The van der Waals surface area contributed by atoms with E-state index >= 15 is 0 Å². The van der Waals surface area contributed by atoms with Crippen LogP contribution >= 0.6 is 11.3 Å². The van der Waals surface area contributed by atoms with Gasteiger partial charge in [0.05, 0.1) is 22.6 Å². The molecule has 0 bridgehead atoms. The Bertz CT molecular complexity index is 1230. The molecule has 1 aliphatic heterocycles. The molecule has 1 fully saturated rings. The first-order valence-electron chi connectivity index (χ1n) is 10.1. The van der Waals surface area contributed by atoms with Crippen LogP contribution in [0.3, 0.4) is 0 Å². The van der Waals surface area contributed by atoms with Gasteiger partial charge in [-0.3, -0.25) is 9.59 Å². The molecule has 0 radical (unpaired) electrons. The molecular formula is C22H24FN5O2S. The number of nitrogens with zero attached hydrogens (tertiary/aromatic N) is 4. The van der Waals surface area contributed by atoms with Crippen LogP contribution in [0.25, 0.3) is 10.6 Å². The maximum atomic E-state index is 14.6. The number of hydrogen-bond donors (Lipinski definition) is 1. The number of benzene rings is 1. The van der Waals surface area contributed by atoms with Crippen molar-refractivity contribution in [1.82, 2.24) is 14.8 Å². The highest BCUT2D eigenvalue weighted by atomic mass is 32.1. The molecule has 162 valence electrons. The largest absolute Gasteiger partial charge is 0.370 e. The van der Waals surface area contributed by atoms with Crippen molar-refractivity contribution < 1.29 is 9.18 Å². The third-order valence-electron chi connectivity index (χ3n) is 5.62. The molecule has 0 aliphatic carbocycles. The van der Waals surface area contributed by atoms with Gasteiger partial charge in [-0.05, 0) is 51.3 Å². The molecule has 1 N–H and O–H groups in total. The summed E-state index contributed by atoms with van der Waals surface area (Å²) < 4.78 is 15.9. The van der Waals surface area contributed by atoms with Crippen molar-refractivity contribution in [1.29, 1.82) is 0 Å². The average Bonchev–Trinajstić information content (AvgIpc) is 3.38.